The summed E-state index contributed by atoms with van der Waals surface area (Å²) in [5.41, 5.74) is 2.96. The third-order valence-electron chi connectivity index (χ3n) is 4.89. The molecule has 2 amide bonds. The Balaban J connectivity index is 1.50. The number of carbonyl (C=O) groups excluding carboxylic acids is 2. The number of nitrogens with one attached hydrogen (secondary N) is 1. The van der Waals surface area contributed by atoms with Gasteiger partial charge in [-0.3, -0.25) is 24.6 Å². The first-order valence-electron chi connectivity index (χ1n) is 8.97. The number of nitro groups is 1. The molecule has 1 aromatic carbocycles. The molecular formula is C19H22N4O5. The van der Waals surface area contributed by atoms with Crippen LogP contribution in [0.1, 0.15) is 21.7 Å². The summed E-state index contributed by atoms with van der Waals surface area (Å²) >= 11 is 0. The van der Waals surface area contributed by atoms with Crippen LogP contribution in [0.25, 0.3) is 0 Å². The maximum atomic E-state index is 12.4. The van der Waals surface area contributed by atoms with Crippen molar-refractivity contribution >= 4 is 23.4 Å². The van der Waals surface area contributed by atoms with Crippen molar-refractivity contribution in [2.75, 3.05) is 38.0 Å². The van der Waals surface area contributed by atoms with E-state index < -0.39 is 10.8 Å². The second kappa shape index (κ2) is 8.22. The van der Waals surface area contributed by atoms with Gasteiger partial charge < -0.3 is 14.6 Å². The molecule has 1 fully saturated rings. The normalized spacial score (nSPS) is 14.7. The van der Waals surface area contributed by atoms with Gasteiger partial charge in [-0.1, -0.05) is 12.1 Å². The Kier molecular flexibility index (Phi) is 5.74. The van der Waals surface area contributed by atoms with Gasteiger partial charge in [-0.15, -0.1) is 0 Å². The van der Waals surface area contributed by atoms with Gasteiger partial charge in [0.1, 0.15) is 4.92 Å². The van der Waals surface area contributed by atoms with Crippen molar-refractivity contribution in [1.82, 2.24) is 9.80 Å². The van der Waals surface area contributed by atoms with Crippen molar-refractivity contribution in [2.45, 2.75) is 13.8 Å². The van der Waals surface area contributed by atoms with Gasteiger partial charge in [-0.05, 0) is 37.1 Å². The van der Waals surface area contributed by atoms with Crippen LogP contribution >= 0.6 is 0 Å². The molecule has 1 aromatic heterocycles. The maximum absolute atomic E-state index is 12.4. The average Bonchev–Trinajstić information content (AvgIpc) is 3.16. The van der Waals surface area contributed by atoms with E-state index in [9.17, 15) is 19.7 Å². The van der Waals surface area contributed by atoms with Gasteiger partial charge in [0.2, 0.25) is 5.91 Å². The number of amides is 2. The number of anilines is 1. The lowest BCUT2D eigenvalue weighted by molar-refractivity contribution is -0.402. The van der Waals surface area contributed by atoms with Crippen molar-refractivity contribution < 1.29 is 18.9 Å². The summed E-state index contributed by atoms with van der Waals surface area (Å²) in [4.78, 5) is 38.3. The van der Waals surface area contributed by atoms with Gasteiger partial charge in [0.25, 0.3) is 5.91 Å². The summed E-state index contributed by atoms with van der Waals surface area (Å²) in [7, 11) is 0. The van der Waals surface area contributed by atoms with E-state index in [1.807, 2.05) is 36.9 Å². The SMILES string of the molecule is Cc1cccc(NC(=O)CN2CCN(C(=O)c3ccc([N+](=O)[O-])o3)CC2)c1C. The number of hydrogen-bond acceptors (Lipinski definition) is 6. The minimum Gasteiger partial charge on any atom is -0.395 e. The van der Waals surface area contributed by atoms with E-state index in [0.29, 0.717) is 26.2 Å². The minimum absolute atomic E-state index is 0.0483. The highest BCUT2D eigenvalue weighted by atomic mass is 16.6. The summed E-state index contributed by atoms with van der Waals surface area (Å²) in [6, 6.07) is 8.25. The molecule has 1 aliphatic heterocycles. The summed E-state index contributed by atoms with van der Waals surface area (Å²) in [5.74, 6) is -0.986. The van der Waals surface area contributed by atoms with Crippen molar-refractivity contribution in [1.29, 1.82) is 0 Å². The fourth-order valence-electron chi connectivity index (χ4n) is 3.08. The number of rotatable bonds is 5. The Labute approximate surface area is 162 Å². The van der Waals surface area contributed by atoms with Crippen LogP contribution in [0, 0.1) is 24.0 Å². The van der Waals surface area contributed by atoms with Crippen molar-refractivity contribution in [3.63, 3.8) is 0 Å². The van der Waals surface area contributed by atoms with Crippen molar-refractivity contribution in [3.8, 4) is 0 Å². The number of carbonyl (C=O) groups is 2. The number of furan rings is 1. The molecule has 2 aromatic rings. The van der Waals surface area contributed by atoms with Crippen LogP contribution in [0.4, 0.5) is 11.6 Å². The van der Waals surface area contributed by atoms with Crippen LogP contribution in [0.15, 0.2) is 34.7 Å². The standard InChI is InChI=1S/C19H22N4O5/c1-13-4-3-5-15(14(13)2)20-17(24)12-21-8-10-22(11-9-21)19(25)16-6-7-18(28-16)23(26)27/h3-7H,8-12H2,1-2H3,(H,20,24). The topological polar surface area (TPSA) is 109 Å². The fraction of sp³-hybridized carbons (Fsp3) is 0.368. The van der Waals surface area contributed by atoms with E-state index in [1.165, 1.54) is 12.1 Å². The van der Waals surface area contributed by atoms with Gasteiger partial charge in [0.15, 0.2) is 5.76 Å². The van der Waals surface area contributed by atoms with E-state index in [4.69, 9.17) is 4.42 Å². The van der Waals surface area contributed by atoms with Crippen LogP contribution in [0.3, 0.4) is 0 Å². The van der Waals surface area contributed by atoms with Gasteiger partial charge in [0.05, 0.1) is 12.6 Å². The number of aryl methyl sites for hydroxylation is 1. The molecule has 3 rings (SSSR count). The van der Waals surface area contributed by atoms with Gasteiger partial charge >= 0.3 is 5.88 Å². The first kappa shape index (κ1) is 19.6. The van der Waals surface area contributed by atoms with Crippen LogP contribution in [-0.4, -0.2) is 59.3 Å². The second-order valence-electron chi connectivity index (χ2n) is 6.76. The third-order valence-corrected chi connectivity index (χ3v) is 4.89. The smallest absolute Gasteiger partial charge is 0.395 e. The summed E-state index contributed by atoms with van der Waals surface area (Å²) in [6.45, 7) is 6.11. The molecule has 0 radical (unpaired) electrons. The quantitative estimate of drug-likeness (QED) is 0.623. The predicted octanol–water partition coefficient (Wildman–Crippen LogP) is 2.20. The van der Waals surface area contributed by atoms with Crippen molar-refractivity contribution in [3.05, 3.63) is 57.3 Å². The first-order chi connectivity index (χ1) is 13.3. The Morgan fingerprint density at radius 3 is 2.50 bits per heavy atom. The number of piperazine rings is 1. The highest BCUT2D eigenvalue weighted by Crippen LogP contribution is 2.19. The predicted molar refractivity (Wildman–Crippen MR) is 102 cm³/mol. The zero-order chi connectivity index (χ0) is 20.3. The number of nitrogens with zero attached hydrogens (tertiary/aromatic N) is 3. The van der Waals surface area contributed by atoms with Gasteiger partial charge in [0, 0.05) is 31.9 Å². The Morgan fingerprint density at radius 2 is 1.86 bits per heavy atom. The molecule has 2 heterocycles. The van der Waals surface area contributed by atoms with E-state index in [2.05, 4.69) is 5.32 Å². The van der Waals surface area contributed by atoms with Gasteiger partial charge in [-0.25, -0.2) is 0 Å². The molecule has 28 heavy (non-hydrogen) atoms. The molecule has 0 bridgehead atoms. The highest BCUT2D eigenvalue weighted by molar-refractivity contribution is 5.93. The first-order valence-corrected chi connectivity index (χ1v) is 8.97. The molecule has 9 heteroatoms. The Bertz CT molecular complexity index is 899. The monoisotopic (exact) mass is 386 g/mol. The summed E-state index contributed by atoms with van der Waals surface area (Å²) in [6.07, 6.45) is 0. The van der Waals surface area contributed by atoms with Crippen molar-refractivity contribution in [2.24, 2.45) is 0 Å². The van der Waals surface area contributed by atoms with Crippen LogP contribution in [0.2, 0.25) is 0 Å². The Hall–Kier alpha value is -3.20. The molecular weight excluding hydrogens is 364 g/mol. The zero-order valence-corrected chi connectivity index (χ0v) is 15.8. The average molecular weight is 386 g/mol. The molecule has 1 saturated heterocycles. The molecule has 9 nitrogen and oxygen atoms in total. The molecule has 148 valence electrons. The molecule has 0 atom stereocenters. The minimum atomic E-state index is -0.677. The molecule has 0 spiro atoms. The van der Waals surface area contributed by atoms with E-state index in [-0.39, 0.29) is 24.1 Å². The zero-order valence-electron chi connectivity index (χ0n) is 15.8. The second-order valence-corrected chi connectivity index (χ2v) is 6.76. The molecule has 1 N–H and O–H groups in total. The number of hydrogen-bond donors (Lipinski definition) is 1. The molecule has 0 unspecified atom stereocenters. The van der Waals surface area contributed by atoms with Crippen LogP contribution < -0.4 is 5.32 Å². The van der Waals surface area contributed by atoms with E-state index in [0.717, 1.165) is 16.8 Å². The van der Waals surface area contributed by atoms with Crippen LogP contribution in [0.5, 0.6) is 0 Å². The van der Waals surface area contributed by atoms with Gasteiger partial charge in [-0.2, -0.15) is 0 Å². The lowest BCUT2D eigenvalue weighted by Gasteiger charge is -2.33. The Morgan fingerprint density at radius 1 is 1.14 bits per heavy atom. The summed E-state index contributed by atoms with van der Waals surface area (Å²) in [5, 5.41) is 13.6. The highest BCUT2D eigenvalue weighted by Gasteiger charge is 2.26. The summed E-state index contributed by atoms with van der Waals surface area (Å²) < 4.78 is 4.97. The maximum Gasteiger partial charge on any atom is 0.433 e. The lowest BCUT2D eigenvalue weighted by atomic mass is 10.1. The lowest BCUT2D eigenvalue weighted by Crippen LogP contribution is -2.50. The molecule has 0 saturated carbocycles. The largest absolute Gasteiger partial charge is 0.433 e. The molecule has 1 aliphatic rings. The fourth-order valence-corrected chi connectivity index (χ4v) is 3.08. The van der Waals surface area contributed by atoms with Crippen LogP contribution in [-0.2, 0) is 4.79 Å². The third kappa shape index (κ3) is 4.37. The van der Waals surface area contributed by atoms with E-state index in [1.54, 1.807) is 4.90 Å². The number of benzene rings is 1. The van der Waals surface area contributed by atoms with E-state index >= 15 is 0 Å². The molecule has 0 aliphatic carbocycles.